The molecule has 0 aromatic heterocycles. The molecule has 3 aliphatic carbocycles. The summed E-state index contributed by atoms with van der Waals surface area (Å²) in [5, 5.41) is 0. The molecule has 0 heterocycles. The lowest BCUT2D eigenvalue weighted by atomic mass is 9.99. The summed E-state index contributed by atoms with van der Waals surface area (Å²) in [6.45, 7) is 5.11. The summed E-state index contributed by atoms with van der Waals surface area (Å²) in [5.74, 6) is 0. The Hall–Kier alpha value is 0.430. The van der Waals surface area contributed by atoms with Crippen LogP contribution in [0.2, 0.25) is 0 Å². The van der Waals surface area contributed by atoms with Crippen LogP contribution in [0.4, 0.5) is 0 Å². The lowest BCUT2D eigenvalue weighted by Gasteiger charge is -2.50. The van der Waals surface area contributed by atoms with Gasteiger partial charge < -0.3 is 0 Å². The Bertz CT molecular complexity index is 249. The normalized spacial score (nSPS) is 28.9. The molecular weight excluding hydrogens is 247 g/mol. The van der Waals surface area contributed by atoms with Gasteiger partial charge in [0.05, 0.1) is 0 Å². The maximum absolute atomic E-state index is 5.11. The fraction of sp³-hybridized carbons (Fsp3) is 0.944. The summed E-state index contributed by atoms with van der Waals surface area (Å²) in [7, 11) is -0.918. The highest BCUT2D eigenvalue weighted by atomic mass is 31.2. The van der Waals surface area contributed by atoms with Gasteiger partial charge in [-0.25, -0.2) is 0 Å². The van der Waals surface area contributed by atoms with Crippen molar-refractivity contribution in [3.05, 3.63) is 6.66 Å². The van der Waals surface area contributed by atoms with Crippen molar-refractivity contribution in [1.29, 1.82) is 0 Å². The molecule has 0 spiro atoms. The smallest absolute Gasteiger partial charge is 0.0436 e. The van der Waals surface area contributed by atoms with E-state index in [-0.39, 0.29) is 0 Å². The molecule has 0 atom stereocenters. The lowest BCUT2D eigenvalue weighted by molar-refractivity contribution is 0.475. The molecule has 0 radical (unpaired) electrons. The van der Waals surface area contributed by atoms with Crippen molar-refractivity contribution >= 4 is 7.26 Å². The minimum Gasteiger partial charge on any atom is -0.179 e. The van der Waals surface area contributed by atoms with Crippen LogP contribution in [0, 0.1) is 6.66 Å². The van der Waals surface area contributed by atoms with Gasteiger partial charge in [0, 0.05) is 17.0 Å². The molecule has 3 rings (SSSR count). The molecule has 0 N–H and O–H groups in total. The third-order valence-corrected chi connectivity index (χ3v) is 12.1. The summed E-state index contributed by atoms with van der Waals surface area (Å²) >= 11 is 0. The average Bonchev–Trinajstić information content (AvgIpc) is 3.03. The van der Waals surface area contributed by atoms with Crippen molar-refractivity contribution in [3.63, 3.8) is 0 Å². The second kappa shape index (κ2) is 6.46. The Kier molecular flexibility index (Phi) is 4.89. The highest BCUT2D eigenvalue weighted by molar-refractivity contribution is 7.79. The highest BCUT2D eigenvalue weighted by Gasteiger charge is 2.48. The molecule has 0 amide bonds. The standard InChI is InChI=1S/C18H33P/c1-19(18-14-8-9-15-18,16-10-4-2-5-11-16)17-12-6-3-7-13-17/h16-18H,1-15H2. The first-order chi connectivity index (χ1) is 9.32. The average molecular weight is 280 g/mol. The van der Waals surface area contributed by atoms with Crippen LogP contribution >= 0.6 is 7.26 Å². The predicted molar refractivity (Wildman–Crippen MR) is 88.3 cm³/mol. The quantitative estimate of drug-likeness (QED) is 0.414. The molecule has 0 aromatic carbocycles. The highest BCUT2D eigenvalue weighted by Crippen LogP contribution is 2.76. The molecule has 19 heavy (non-hydrogen) atoms. The maximum Gasteiger partial charge on any atom is 0.0436 e. The van der Waals surface area contributed by atoms with Crippen LogP contribution in [-0.2, 0) is 0 Å². The summed E-state index contributed by atoms with van der Waals surface area (Å²) in [6.07, 6.45) is 21.4. The first-order valence-corrected chi connectivity index (χ1v) is 11.2. The Morgan fingerprint density at radius 1 is 0.474 bits per heavy atom. The Labute approximate surface area is 121 Å². The number of rotatable bonds is 3. The second-order valence-corrected chi connectivity index (χ2v) is 11.7. The van der Waals surface area contributed by atoms with Gasteiger partial charge in [-0.05, 0) is 77.0 Å². The molecular formula is C18H33P. The Morgan fingerprint density at radius 3 is 1.05 bits per heavy atom. The Balaban J connectivity index is 1.79. The van der Waals surface area contributed by atoms with Gasteiger partial charge >= 0.3 is 0 Å². The van der Waals surface area contributed by atoms with E-state index >= 15 is 0 Å². The van der Waals surface area contributed by atoms with Gasteiger partial charge in [0.25, 0.3) is 0 Å². The zero-order valence-corrected chi connectivity index (χ0v) is 13.7. The summed E-state index contributed by atoms with van der Waals surface area (Å²) in [5.41, 5.74) is 3.23. The van der Waals surface area contributed by atoms with Crippen molar-refractivity contribution in [2.45, 2.75) is 107 Å². The van der Waals surface area contributed by atoms with Crippen LogP contribution in [0.1, 0.15) is 89.9 Å². The molecule has 0 bridgehead atoms. The fourth-order valence-corrected chi connectivity index (χ4v) is 11.2. The molecule has 0 saturated heterocycles. The molecule has 3 aliphatic rings. The lowest BCUT2D eigenvalue weighted by Crippen LogP contribution is -2.32. The van der Waals surface area contributed by atoms with Crippen LogP contribution in [0.25, 0.3) is 0 Å². The van der Waals surface area contributed by atoms with E-state index in [1.54, 1.807) is 38.5 Å². The molecule has 0 aliphatic heterocycles. The molecule has 1 heteroatoms. The second-order valence-electron chi connectivity index (χ2n) is 7.52. The number of hydrogen-bond donors (Lipinski definition) is 0. The van der Waals surface area contributed by atoms with Crippen molar-refractivity contribution in [2.24, 2.45) is 0 Å². The van der Waals surface area contributed by atoms with Crippen molar-refractivity contribution in [2.75, 3.05) is 0 Å². The third kappa shape index (κ3) is 2.90. The molecule has 0 aromatic rings. The van der Waals surface area contributed by atoms with E-state index in [2.05, 4.69) is 0 Å². The molecule has 3 fully saturated rings. The van der Waals surface area contributed by atoms with E-state index in [0.717, 1.165) is 17.0 Å². The predicted octanol–water partition coefficient (Wildman–Crippen LogP) is 6.40. The Morgan fingerprint density at radius 2 is 0.737 bits per heavy atom. The first-order valence-electron chi connectivity index (χ1n) is 9.04. The summed E-state index contributed by atoms with van der Waals surface area (Å²) in [4.78, 5) is 0. The summed E-state index contributed by atoms with van der Waals surface area (Å²) in [6, 6.07) is 0. The van der Waals surface area contributed by atoms with Gasteiger partial charge in [-0.2, -0.15) is 6.66 Å². The van der Waals surface area contributed by atoms with Gasteiger partial charge in [-0.15, -0.1) is 7.26 Å². The first kappa shape index (κ1) is 14.4. The topological polar surface area (TPSA) is 0 Å². The van der Waals surface area contributed by atoms with E-state index in [1.807, 2.05) is 0 Å². The van der Waals surface area contributed by atoms with E-state index in [9.17, 15) is 0 Å². The van der Waals surface area contributed by atoms with Crippen LogP contribution in [0.3, 0.4) is 0 Å². The fourth-order valence-electron chi connectivity index (χ4n) is 5.40. The molecule has 3 saturated carbocycles. The van der Waals surface area contributed by atoms with E-state index in [4.69, 9.17) is 6.66 Å². The van der Waals surface area contributed by atoms with Crippen molar-refractivity contribution < 1.29 is 0 Å². The van der Waals surface area contributed by atoms with Gasteiger partial charge in [-0.3, -0.25) is 0 Å². The molecule has 110 valence electrons. The van der Waals surface area contributed by atoms with Crippen molar-refractivity contribution in [1.82, 2.24) is 0 Å². The van der Waals surface area contributed by atoms with E-state index in [0.29, 0.717) is 0 Å². The summed E-state index contributed by atoms with van der Waals surface area (Å²) < 4.78 is 0. The minimum absolute atomic E-state index is 0.918. The molecule has 0 unspecified atom stereocenters. The van der Waals surface area contributed by atoms with Crippen LogP contribution < -0.4 is 0 Å². The zero-order valence-electron chi connectivity index (χ0n) is 12.8. The van der Waals surface area contributed by atoms with Gasteiger partial charge in [0.1, 0.15) is 0 Å². The SMILES string of the molecule is [CH2-][P+](C1CCCCC1)(C1CCCCC1)C1CCCC1. The molecule has 0 nitrogen and oxygen atoms in total. The maximum atomic E-state index is 5.11. The van der Waals surface area contributed by atoms with Crippen LogP contribution in [0.15, 0.2) is 0 Å². The van der Waals surface area contributed by atoms with E-state index in [1.165, 1.54) is 51.4 Å². The van der Waals surface area contributed by atoms with Gasteiger partial charge in [-0.1, -0.05) is 12.8 Å². The van der Waals surface area contributed by atoms with E-state index < -0.39 is 7.26 Å². The number of hydrogen-bond acceptors (Lipinski definition) is 0. The van der Waals surface area contributed by atoms with Crippen LogP contribution in [0.5, 0.6) is 0 Å². The zero-order chi connectivity index (χ0) is 13.1. The third-order valence-electron chi connectivity index (χ3n) is 6.51. The van der Waals surface area contributed by atoms with Crippen molar-refractivity contribution in [3.8, 4) is 0 Å². The van der Waals surface area contributed by atoms with Gasteiger partial charge in [0.15, 0.2) is 0 Å². The monoisotopic (exact) mass is 280 g/mol. The minimum atomic E-state index is -0.918. The van der Waals surface area contributed by atoms with Gasteiger partial charge in [0.2, 0.25) is 0 Å². The largest absolute Gasteiger partial charge is 0.179 e. The van der Waals surface area contributed by atoms with Crippen LogP contribution in [-0.4, -0.2) is 17.0 Å².